The van der Waals surface area contributed by atoms with Gasteiger partial charge < -0.3 is 0 Å². The molecular weight excluding hydrogens is 306 g/mol. The Hall–Kier alpha value is -3.42. The lowest BCUT2D eigenvalue weighted by atomic mass is 10.0. The van der Waals surface area contributed by atoms with E-state index in [1.165, 1.54) is 29.9 Å². The van der Waals surface area contributed by atoms with Gasteiger partial charge in [0.2, 0.25) is 18.2 Å². The molecule has 0 bridgehead atoms. The Morgan fingerprint density at radius 3 is 2.04 bits per heavy atom. The summed E-state index contributed by atoms with van der Waals surface area (Å²) in [7, 11) is 0. The number of rotatable bonds is 7. The van der Waals surface area contributed by atoms with E-state index in [0.717, 1.165) is 12.8 Å². The maximum absolute atomic E-state index is 10.7. The summed E-state index contributed by atoms with van der Waals surface area (Å²) < 4.78 is 0. The van der Waals surface area contributed by atoms with Crippen molar-refractivity contribution in [2.75, 3.05) is 0 Å². The van der Waals surface area contributed by atoms with E-state index in [9.17, 15) is 14.4 Å². The van der Waals surface area contributed by atoms with Crippen LogP contribution in [0.1, 0.15) is 17.5 Å². The minimum Gasteiger partial charge on any atom is -0.211 e. The Bertz CT molecular complexity index is 859. The maximum Gasteiger partial charge on any atom is 0.240 e. The molecular formula is C18H13N3O3. The summed E-state index contributed by atoms with van der Waals surface area (Å²) in [6, 6.07) is 13.2. The molecule has 0 aliphatic heterocycles. The molecule has 6 heteroatoms. The zero-order valence-electron chi connectivity index (χ0n) is 12.7. The van der Waals surface area contributed by atoms with Gasteiger partial charge in [0.05, 0.1) is 0 Å². The molecule has 6 nitrogen and oxygen atoms in total. The predicted octanol–water partition coefficient (Wildman–Crippen LogP) is 3.76. The number of nitrogens with zero attached hydrogens (tertiary/aromatic N) is 3. The number of aryl methyl sites for hydroxylation is 2. The van der Waals surface area contributed by atoms with Gasteiger partial charge in [0.1, 0.15) is 17.1 Å². The average molecular weight is 319 g/mol. The molecule has 0 heterocycles. The SMILES string of the molecule is O=C=Nc1ccc(CCCc2ccccc2)c(N=C=O)c1N=C=O. The molecule has 0 radical (unpaired) electrons. The monoisotopic (exact) mass is 319 g/mol. The fourth-order valence-corrected chi connectivity index (χ4v) is 2.41. The summed E-state index contributed by atoms with van der Waals surface area (Å²) in [5.41, 5.74) is 2.22. The Morgan fingerprint density at radius 1 is 0.708 bits per heavy atom. The summed E-state index contributed by atoms with van der Waals surface area (Å²) in [6.45, 7) is 0. The highest BCUT2D eigenvalue weighted by Crippen LogP contribution is 2.40. The number of aliphatic imine (C=N–C) groups is 3. The molecule has 0 saturated heterocycles. The average Bonchev–Trinajstić information content (AvgIpc) is 2.60. The highest BCUT2D eigenvalue weighted by Gasteiger charge is 2.13. The first kappa shape index (κ1) is 16.9. The molecule has 2 aromatic carbocycles. The van der Waals surface area contributed by atoms with Gasteiger partial charge in [-0.1, -0.05) is 36.4 Å². The van der Waals surface area contributed by atoms with Gasteiger partial charge in [-0.25, -0.2) is 14.4 Å². The second kappa shape index (κ2) is 8.89. The van der Waals surface area contributed by atoms with Crippen LogP contribution in [0.5, 0.6) is 0 Å². The van der Waals surface area contributed by atoms with Crippen molar-refractivity contribution in [2.24, 2.45) is 15.0 Å². The van der Waals surface area contributed by atoms with Crippen LogP contribution in [-0.4, -0.2) is 18.2 Å². The maximum atomic E-state index is 10.7. The quantitative estimate of drug-likeness (QED) is 0.575. The lowest BCUT2D eigenvalue weighted by molar-refractivity contribution is 0.564. The smallest absolute Gasteiger partial charge is 0.211 e. The minimum absolute atomic E-state index is 0.0221. The Labute approximate surface area is 138 Å². The second-order valence-corrected chi connectivity index (χ2v) is 4.89. The van der Waals surface area contributed by atoms with E-state index in [4.69, 9.17) is 0 Å². The molecule has 0 amide bonds. The molecule has 0 atom stereocenters. The fourth-order valence-electron chi connectivity index (χ4n) is 2.41. The number of hydrogen-bond donors (Lipinski definition) is 0. The van der Waals surface area contributed by atoms with Gasteiger partial charge in [-0.15, -0.1) is 0 Å². The highest BCUT2D eigenvalue weighted by molar-refractivity contribution is 5.82. The van der Waals surface area contributed by atoms with Crippen molar-refractivity contribution in [3.8, 4) is 0 Å². The van der Waals surface area contributed by atoms with Crippen molar-refractivity contribution in [3.63, 3.8) is 0 Å². The fraction of sp³-hybridized carbons (Fsp3) is 0.167. The molecule has 0 N–H and O–H groups in total. The summed E-state index contributed by atoms with van der Waals surface area (Å²) in [4.78, 5) is 42.4. The van der Waals surface area contributed by atoms with E-state index in [0.29, 0.717) is 12.0 Å². The molecule has 0 fully saturated rings. The Kier molecular flexibility index (Phi) is 6.27. The topological polar surface area (TPSA) is 88.3 Å². The van der Waals surface area contributed by atoms with Crippen LogP contribution in [0, 0.1) is 0 Å². The van der Waals surface area contributed by atoms with E-state index in [1.807, 2.05) is 30.3 Å². The third kappa shape index (κ3) is 4.29. The van der Waals surface area contributed by atoms with Crippen molar-refractivity contribution in [3.05, 3.63) is 53.6 Å². The number of carbonyl (C=O) groups excluding carboxylic acids is 3. The van der Waals surface area contributed by atoms with Crippen LogP contribution in [0.15, 0.2) is 57.4 Å². The zero-order chi connectivity index (χ0) is 17.2. The molecule has 2 rings (SSSR count). The molecule has 0 aromatic heterocycles. The van der Waals surface area contributed by atoms with Gasteiger partial charge in [-0.2, -0.15) is 15.0 Å². The summed E-state index contributed by atoms with van der Waals surface area (Å²) >= 11 is 0. The first-order valence-electron chi connectivity index (χ1n) is 7.23. The normalized spacial score (nSPS) is 9.33. The van der Waals surface area contributed by atoms with Crippen LogP contribution in [0.4, 0.5) is 17.1 Å². The van der Waals surface area contributed by atoms with Gasteiger partial charge in [-0.05, 0) is 36.5 Å². The first-order valence-corrected chi connectivity index (χ1v) is 7.23. The van der Waals surface area contributed by atoms with Crippen LogP contribution < -0.4 is 0 Å². The van der Waals surface area contributed by atoms with Crippen molar-refractivity contribution in [1.82, 2.24) is 0 Å². The van der Waals surface area contributed by atoms with Crippen molar-refractivity contribution >= 4 is 35.3 Å². The first-order chi connectivity index (χ1) is 11.8. The van der Waals surface area contributed by atoms with E-state index < -0.39 is 0 Å². The van der Waals surface area contributed by atoms with E-state index in [2.05, 4.69) is 15.0 Å². The highest BCUT2D eigenvalue weighted by atomic mass is 16.1. The Balaban J connectivity index is 2.31. The van der Waals surface area contributed by atoms with Crippen LogP contribution >= 0.6 is 0 Å². The van der Waals surface area contributed by atoms with Crippen molar-refractivity contribution in [2.45, 2.75) is 19.3 Å². The summed E-state index contributed by atoms with van der Waals surface area (Å²) in [6.07, 6.45) is 6.49. The standard InChI is InChI=1S/C18H13N3O3/c22-11-19-16-10-9-15(17(20-12-23)18(16)21-13-24)8-4-7-14-5-2-1-3-6-14/h1-3,5-6,9-10H,4,7-8H2. The molecule has 118 valence electrons. The predicted molar refractivity (Wildman–Crippen MR) is 88.3 cm³/mol. The molecule has 2 aromatic rings. The van der Waals surface area contributed by atoms with Gasteiger partial charge in [0.25, 0.3) is 0 Å². The van der Waals surface area contributed by atoms with E-state index >= 15 is 0 Å². The largest absolute Gasteiger partial charge is 0.240 e. The van der Waals surface area contributed by atoms with Gasteiger partial charge in [0, 0.05) is 0 Å². The molecule has 0 aliphatic rings. The van der Waals surface area contributed by atoms with Gasteiger partial charge in [0.15, 0.2) is 0 Å². The minimum atomic E-state index is 0.0221. The van der Waals surface area contributed by atoms with Crippen molar-refractivity contribution < 1.29 is 14.4 Å². The van der Waals surface area contributed by atoms with Crippen LogP contribution in [0.25, 0.3) is 0 Å². The van der Waals surface area contributed by atoms with E-state index in [-0.39, 0.29) is 17.1 Å². The summed E-state index contributed by atoms with van der Waals surface area (Å²) in [5.74, 6) is 0. The molecule has 0 unspecified atom stereocenters. The Morgan fingerprint density at radius 2 is 1.38 bits per heavy atom. The van der Waals surface area contributed by atoms with Crippen LogP contribution in [0.3, 0.4) is 0 Å². The van der Waals surface area contributed by atoms with Gasteiger partial charge in [-0.3, -0.25) is 0 Å². The third-order valence-corrected chi connectivity index (χ3v) is 3.45. The lowest BCUT2D eigenvalue weighted by Gasteiger charge is -2.08. The molecule has 0 spiro atoms. The number of hydrogen-bond acceptors (Lipinski definition) is 6. The second-order valence-electron chi connectivity index (χ2n) is 4.89. The lowest BCUT2D eigenvalue weighted by Crippen LogP contribution is -1.91. The van der Waals surface area contributed by atoms with Crippen LogP contribution in [0.2, 0.25) is 0 Å². The molecule has 0 saturated carbocycles. The molecule has 0 aliphatic carbocycles. The number of benzene rings is 2. The summed E-state index contributed by atoms with van der Waals surface area (Å²) in [5, 5.41) is 0. The third-order valence-electron chi connectivity index (χ3n) is 3.45. The number of isocyanates is 3. The van der Waals surface area contributed by atoms with Gasteiger partial charge >= 0.3 is 0 Å². The van der Waals surface area contributed by atoms with Crippen LogP contribution in [-0.2, 0) is 27.2 Å². The van der Waals surface area contributed by atoms with E-state index in [1.54, 1.807) is 6.07 Å². The van der Waals surface area contributed by atoms with Crippen molar-refractivity contribution in [1.29, 1.82) is 0 Å². The molecule has 24 heavy (non-hydrogen) atoms. The zero-order valence-corrected chi connectivity index (χ0v) is 12.7.